The molecule has 0 saturated heterocycles. The van der Waals surface area contributed by atoms with Crippen LogP contribution in [0.3, 0.4) is 0 Å². The molecule has 3 aromatic heterocycles. The molecule has 0 aliphatic rings. The third-order valence-corrected chi connectivity index (χ3v) is 14.6. The van der Waals surface area contributed by atoms with Crippen molar-refractivity contribution < 1.29 is 0 Å². The fourth-order valence-corrected chi connectivity index (χ4v) is 10.9. The Bertz CT molecular complexity index is 4590. The van der Waals surface area contributed by atoms with Gasteiger partial charge in [0.15, 0.2) is 0 Å². The van der Waals surface area contributed by atoms with E-state index < -0.39 is 0 Å². The van der Waals surface area contributed by atoms with E-state index in [1.807, 2.05) is 84.9 Å². The quantitative estimate of drug-likeness (QED) is 0.146. The van der Waals surface area contributed by atoms with Gasteiger partial charge in [0.25, 0.3) is 0 Å². The fourth-order valence-electron chi connectivity index (χ4n) is 10.9. The Morgan fingerprint density at radius 1 is 0.275 bits per heavy atom. The van der Waals surface area contributed by atoms with Crippen molar-refractivity contribution in [1.82, 2.24) is 14.1 Å². The summed E-state index contributed by atoms with van der Waals surface area (Å²) in [5.41, 5.74) is 13.1. The van der Waals surface area contributed by atoms with Crippen LogP contribution < -0.4 is 0 Å². The molecule has 0 N–H and O–H groups in total. The van der Waals surface area contributed by atoms with Gasteiger partial charge in [-0.05, 0) is 123 Å². The second-order valence-corrected chi connectivity index (χ2v) is 18.7. The molecule has 12 aromatic rings. The van der Waals surface area contributed by atoms with Crippen LogP contribution in [0.25, 0.3) is 111 Å². The van der Waals surface area contributed by atoms with Crippen LogP contribution in [-0.2, 0) is 0 Å². The molecule has 0 spiro atoms. The number of aromatic nitrogens is 3. The minimum absolute atomic E-state index is 0.307. The Morgan fingerprint density at radius 3 is 0.863 bits per heavy atom. The first kappa shape index (κ1) is 48.1. The Labute approximate surface area is 456 Å². The molecule has 0 amide bonds. The zero-order valence-electron chi connectivity index (χ0n) is 41.7. The van der Waals surface area contributed by atoms with E-state index in [9.17, 15) is 47.4 Å². The molecule has 12 rings (SSSR count). The van der Waals surface area contributed by atoms with Crippen molar-refractivity contribution in [3.8, 4) is 122 Å². The van der Waals surface area contributed by atoms with Gasteiger partial charge in [-0.2, -0.15) is 47.4 Å². The highest BCUT2D eigenvalue weighted by Crippen LogP contribution is 2.46. The van der Waals surface area contributed by atoms with Gasteiger partial charge < -0.3 is 9.13 Å². The molecule has 0 aliphatic heterocycles. The molecular weight excluding hydrogens is 985 g/mol. The summed E-state index contributed by atoms with van der Waals surface area (Å²) < 4.78 is 4.14. The monoisotopic (exact) mass is 1010 g/mol. The Hall–Kier alpha value is -12.9. The number of nitrogens with zero attached hydrogens (tertiary/aromatic N) is 12. The molecule has 3 heterocycles. The number of benzene rings is 9. The van der Waals surface area contributed by atoms with E-state index in [0.29, 0.717) is 139 Å². The Morgan fingerprint density at radius 2 is 0.575 bits per heavy atom. The van der Waals surface area contributed by atoms with E-state index in [0.717, 1.165) is 21.5 Å². The van der Waals surface area contributed by atoms with Crippen molar-refractivity contribution in [1.29, 1.82) is 47.4 Å². The standard InChI is InChI=1S/C68H30N12/c69-29-40-5-13-53(49(21-40)34-74)44-9-17-58-59-18-10-45(54-14-6-41(30-70)22-50(54)35-75)26-63(59)79(62(58)25-44)66-38-78-39-67(68(66)57-4-2-1-3-48(57)33-73)80-64-27-46(55-15-7-42(31-71)23-51(55)36-76)11-19-60(64)61-20-12-47(28-65(61)80)56-16-8-43(32-72)24-52(56)37-77/h1-28,38-39H. The van der Waals surface area contributed by atoms with Crippen molar-refractivity contribution in [2.24, 2.45) is 0 Å². The summed E-state index contributed by atoms with van der Waals surface area (Å²) in [7, 11) is 0. The fraction of sp³-hybridized carbons (Fsp3) is 0. The van der Waals surface area contributed by atoms with Crippen molar-refractivity contribution in [3.63, 3.8) is 0 Å². The average molecular weight is 1020 g/mol. The second kappa shape index (κ2) is 19.4. The van der Waals surface area contributed by atoms with Gasteiger partial charge in [-0.3, -0.25) is 4.98 Å². The minimum atomic E-state index is 0.307. The summed E-state index contributed by atoms with van der Waals surface area (Å²) in [6, 6.07) is 70.9. The molecule has 0 bridgehead atoms. The lowest BCUT2D eigenvalue weighted by Gasteiger charge is -2.21. The first-order chi connectivity index (χ1) is 39.2. The first-order valence-corrected chi connectivity index (χ1v) is 24.7. The number of pyridine rings is 1. The van der Waals surface area contributed by atoms with Gasteiger partial charge in [0.05, 0.1) is 151 Å². The molecule has 0 aliphatic carbocycles. The number of rotatable bonds is 7. The molecule has 12 heteroatoms. The van der Waals surface area contributed by atoms with Crippen molar-refractivity contribution in [2.75, 3.05) is 0 Å². The normalized spacial score (nSPS) is 10.6. The summed E-state index contributed by atoms with van der Waals surface area (Å²) in [5, 5.41) is 95.1. The van der Waals surface area contributed by atoms with Crippen LogP contribution in [0.1, 0.15) is 50.1 Å². The van der Waals surface area contributed by atoms with Crippen molar-refractivity contribution in [2.45, 2.75) is 0 Å². The predicted octanol–water partition coefficient (Wildman–Crippen LogP) is 14.5. The summed E-state index contributed by atoms with van der Waals surface area (Å²) in [6.07, 6.45) is 3.49. The third kappa shape index (κ3) is 7.73. The lowest BCUT2D eigenvalue weighted by Crippen LogP contribution is -2.06. The van der Waals surface area contributed by atoms with E-state index >= 15 is 0 Å². The van der Waals surface area contributed by atoms with Gasteiger partial charge in [0.2, 0.25) is 0 Å². The predicted molar refractivity (Wildman–Crippen MR) is 303 cm³/mol. The molecule has 0 saturated carbocycles. The van der Waals surface area contributed by atoms with Gasteiger partial charge in [-0.15, -0.1) is 0 Å². The maximum atomic E-state index is 11.0. The lowest BCUT2D eigenvalue weighted by atomic mass is 9.96. The lowest BCUT2D eigenvalue weighted by molar-refractivity contribution is 1.09. The molecule has 12 nitrogen and oxygen atoms in total. The van der Waals surface area contributed by atoms with E-state index in [1.165, 1.54) is 0 Å². The van der Waals surface area contributed by atoms with Gasteiger partial charge >= 0.3 is 0 Å². The number of nitriles is 9. The number of fused-ring (bicyclic) bond motifs is 6. The van der Waals surface area contributed by atoms with Crippen LogP contribution in [0, 0.1) is 102 Å². The molecular formula is C68H30N12. The second-order valence-electron chi connectivity index (χ2n) is 18.7. The van der Waals surface area contributed by atoms with Crippen LogP contribution in [0.2, 0.25) is 0 Å². The summed E-state index contributed by atoms with van der Waals surface area (Å²) in [6.45, 7) is 0. The molecule has 80 heavy (non-hydrogen) atoms. The van der Waals surface area contributed by atoms with Crippen LogP contribution in [0.15, 0.2) is 182 Å². The maximum Gasteiger partial charge on any atom is 0.0998 e. The first-order valence-electron chi connectivity index (χ1n) is 24.7. The highest BCUT2D eigenvalue weighted by Gasteiger charge is 2.26. The zero-order chi connectivity index (χ0) is 55.2. The number of hydrogen-bond donors (Lipinski definition) is 0. The SMILES string of the molecule is N#Cc1ccc(-c2ccc3c4ccc(-c5ccc(C#N)cc5C#N)cc4n(-c4cncc(-n5c6cc(-c7ccc(C#N)cc7C#N)ccc6c6ccc(-c7ccc(C#N)cc7C#N)cc65)c4-c4ccccc4C#N)c3c2)c(C#N)c1. The summed E-state index contributed by atoms with van der Waals surface area (Å²) in [4.78, 5) is 5.05. The molecule has 0 atom stereocenters. The topological polar surface area (TPSA) is 237 Å². The molecule has 0 fully saturated rings. The Kier molecular flexibility index (Phi) is 11.7. The molecule has 9 aromatic carbocycles. The van der Waals surface area contributed by atoms with Gasteiger partial charge in [0, 0.05) is 32.7 Å². The summed E-state index contributed by atoms with van der Waals surface area (Å²) in [5.74, 6) is 0. The third-order valence-electron chi connectivity index (χ3n) is 14.6. The molecule has 0 radical (unpaired) electrons. The smallest absolute Gasteiger partial charge is 0.0998 e. The van der Waals surface area contributed by atoms with E-state index in [2.05, 4.69) is 63.8 Å². The van der Waals surface area contributed by atoms with Crippen LogP contribution in [0.4, 0.5) is 0 Å². The maximum absolute atomic E-state index is 11.0. The molecule has 362 valence electrons. The largest absolute Gasteiger partial charge is 0.307 e. The van der Waals surface area contributed by atoms with Gasteiger partial charge in [0.1, 0.15) is 0 Å². The number of hydrogen-bond acceptors (Lipinski definition) is 10. The molecule has 0 unspecified atom stereocenters. The van der Waals surface area contributed by atoms with Crippen LogP contribution >= 0.6 is 0 Å². The average Bonchev–Trinajstić information content (AvgIpc) is 4.23. The van der Waals surface area contributed by atoms with E-state index in [-0.39, 0.29) is 0 Å². The van der Waals surface area contributed by atoms with Crippen LogP contribution in [-0.4, -0.2) is 14.1 Å². The highest BCUT2D eigenvalue weighted by molar-refractivity contribution is 6.14. The van der Waals surface area contributed by atoms with E-state index in [4.69, 9.17) is 4.98 Å². The minimum Gasteiger partial charge on any atom is -0.307 e. The van der Waals surface area contributed by atoms with Gasteiger partial charge in [-0.1, -0.05) is 91.0 Å². The summed E-state index contributed by atoms with van der Waals surface area (Å²) >= 11 is 0. The van der Waals surface area contributed by atoms with Crippen molar-refractivity contribution in [3.05, 3.63) is 232 Å². The van der Waals surface area contributed by atoms with Crippen molar-refractivity contribution >= 4 is 43.6 Å². The Balaban J connectivity index is 1.24. The highest BCUT2D eigenvalue weighted by atomic mass is 15.0. The van der Waals surface area contributed by atoms with Crippen LogP contribution in [0.5, 0.6) is 0 Å². The van der Waals surface area contributed by atoms with E-state index in [1.54, 1.807) is 97.3 Å². The van der Waals surface area contributed by atoms with Gasteiger partial charge in [-0.25, -0.2) is 0 Å². The zero-order valence-corrected chi connectivity index (χ0v) is 41.7.